The lowest BCUT2D eigenvalue weighted by Crippen LogP contribution is -2.27. The Morgan fingerprint density at radius 1 is 1.29 bits per heavy atom. The van der Waals surface area contributed by atoms with Gasteiger partial charge in [0.05, 0.1) is 0 Å². The topological polar surface area (TPSA) is 26.3 Å². The summed E-state index contributed by atoms with van der Waals surface area (Å²) in [6.45, 7) is 10.2. The minimum atomic E-state index is -0.209. The number of carbonyl (C=O) groups excluding carboxylic acids is 1. The largest absolute Gasteiger partial charge is 0.492 e. The fraction of sp³-hybridized carbons (Fsp3) is 0.750. The highest BCUT2D eigenvalue weighted by molar-refractivity contribution is 5.91. The molecule has 0 unspecified atom stereocenters. The SMILES string of the molecule is CC1(C)CC(=O)C=C(OC(C)(C)C)C1. The van der Waals surface area contributed by atoms with E-state index in [1.807, 2.05) is 20.8 Å². The van der Waals surface area contributed by atoms with Crippen molar-refractivity contribution in [1.29, 1.82) is 0 Å². The summed E-state index contributed by atoms with van der Waals surface area (Å²) in [6, 6.07) is 0. The minimum absolute atomic E-state index is 0.0480. The Morgan fingerprint density at radius 3 is 2.29 bits per heavy atom. The summed E-state index contributed by atoms with van der Waals surface area (Å²) in [4.78, 5) is 11.4. The molecule has 0 spiro atoms. The van der Waals surface area contributed by atoms with Crippen LogP contribution in [0.5, 0.6) is 0 Å². The Kier molecular flexibility index (Phi) is 2.75. The Balaban J connectivity index is 2.75. The van der Waals surface area contributed by atoms with Crippen molar-refractivity contribution in [3.8, 4) is 0 Å². The molecule has 0 saturated carbocycles. The third-order valence-electron chi connectivity index (χ3n) is 2.06. The quantitative estimate of drug-likeness (QED) is 0.644. The number of carbonyl (C=O) groups is 1. The maximum absolute atomic E-state index is 11.4. The molecule has 1 aliphatic rings. The molecule has 0 aromatic heterocycles. The summed E-state index contributed by atoms with van der Waals surface area (Å²) >= 11 is 0. The van der Waals surface area contributed by atoms with Gasteiger partial charge in [-0.1, -0.05) is 13.8 Å². The zero-order chi connectivity index (χ0) is 11.0. The lowest BCUT2D eigenvalue weighted by molar-refractivity contribution is -0.117. The fourth-order valence-electron chi connectivity index (χ4n) is 1.75. The highest BCUT2D eigenvalue weighted by atomic mass is 16.5. The van der Waals surface area contributed by atoms with E-state index < -0.39 is 0 Å². The lowest BCUT2D eigenvalue weighted by Gasteiger charge is -2.32. The van der Waals surface area contributed by atoms with Gasteiger partial charge in [-0.3, -0.25) is 4.79 Å². The van der Waals surface area contributed by atoms with Gasteiger partial charge in [-0.25, -0.2) is 0 Å². The maximum Gasteiger partial charge on any atom is 0.159 e. The molecule has 0 N–H and O–H groups in total. The molecular weight excluding hydrogens is 176 g/mol. The van der Waals surface area contributed by atoms with Crippen molar-refractivity contribution >= 4 is 5.78 Å². The molecule has 0 aliphatic heterocycles. The third-order valence-corrected chi connectivity index (χ3v) is 2.06. The van der Waals surface area contributed by atoms with Crippen LogP contribution in [0.4, 0.5) is 0 Å². The van der Waals surface area contributed by atoms with Gasteiger partial charge < -0.3 is 4.74 Å². The third kappa shape index (κ3) is 3.52. The second kappa shape index (κ2) is 3.41. The molecule has 0 aromatic rings. The maximum atomic E-state index is 11.4. The summed E-state index contributed by atoms with van der Waals surface area (Å²) in [6.07, 6.45) is 3.14. The molecule has 1 aliphatic carbocycles. The first-order chi connectivity index (χ1) is 6.18. The van der Waals surface area contributed by atoms with E-state index in [2.05, 4.69) is 13.8 Å². The van der Waals surface area contributed by atoms with E-state index in [4.69, 9.17) is 4.74 Å². The van der Waals surface area contributed by atoms with Crippen LogP contribution in [0.25, 0.3) is 0 Å². The van der Waals surface area contributed by atoms with Crippen molar-refractivity contribution in [2.75, 3.05) is 0 Å². The van der Waals surface area contributed by atoms with Gasteiger partial charge in [-0.15, -0.1) is 0 Å². The monoisotopic (exact) mass is 196 g/mol. The van der Waals surface area contributed by atoms with E-state index >= 15 is 0 Å². The molecule has 1 rings (SSSR count). The van der Waals surface area contributed by atoms with Crippen LogP contribution in [0, 0.1) is 5.41 Å². The van der Waals surface area contributed by atoms with Crippen LogP contribution in [0.1, 0.15) is 47.5 Å². The van der Waals surface area contributed by atoms with Gasteiger partial charge in [0.25, 0.3) is 0 Å². The number of hydrogen-bond donors (Lipinski definition) is 0. The van der Waals surface area contributed by atoms with Crippen LogP contribution in [0.2, 0.25) is 0 Å². The van der Waals surface area contributed by atoms with Crippen LogP contribution in [-0.2, 0) is 9.53 Å². The number of ketones is 1. The van der Waals surface area contributed by atoms with Gasteiger partial charge in [-0.2, -0.15) is 0 Å². The first-order valence-corrected chi connectivity index (χ1v) is 5.10. The standard InChI is InChI=1S/C12H20O2/c1-11(2,3)14-10-6-9(13)7-12(4,5)8-10/h6H,7-8H2,1-5H3. The molecule has 0 amide bonds. The average molecular weight is 196 g/mol. The highest BCUT2D eigenvalue weighted by Crippen LogP contribution is 2.35. The van der Waals surface area contributed by atoms with Crippen LogP contribution >= 0.6 is 0 Å². The van der Waals surface area contributed by atoms with Crippen molar-refractivity contribution in [3.63, 3.8) is 0 Å². The summed E-state index contributed by atoms with van der Waals surface area (Å²) in [5.74, 6) is 1.01. The Morgan fingerprint density at radius 2 is 1.86 bits per heavy atom. The molecule has 0 radical (unpaired) electrons. The number of ether oxygens (including phenoxy) is 1. The molecule has 0 saturated heterocycles. The second-order valence-corrected chi connectivity index (χ2v) is 5.81. The van der Waals surface area contributed by atoms with Gasteiger partial charge in [0.15, 0.2) is 5.78 Å². The Labute approximate surface area is 86.3 Å². The fourth-order valence-corrected chi connectivity index (χ4v) is 1.75. The molecule has 2 nitrogen and oxygen atoms in total. The average Bonchev–Trinajstić information content (AvgIpc) is 1.74. The Bertz CT molecular complexity index is 267. The molecule has 0 heterocycles. The Hall–Kier alpha value is -0.790. The van der Waals surface area contributed by atoms with E-state index in [0.717, 1.165) is 12.2 Å². The van der Waals surface area contributed by atoms with E-state index in [0.29, 0.717) is 6.42 Å². The van der Waals surface area contributed by atoms with E-state index in [-0.39, 0.29) is 16.8 Å². The zero-order valence-electron chi connectivity index (χ0n) is 9.81. The number of hydrogen-bond acceptors (Lipinski definition) is 2. The zero-order valence-corrected chi connectivity index (χ0v) is 9.81. The van der Waals surface area contributed by atoms with E-state index in [1.54, 1.807) is 6.08 Å². The van der Waals surface area contributed by atoms with Gasteiger partial charge >= 0.3 is 0 Å². The predicted molar refractivity (Wildman–Crippen MR) is 56.9 cm³/mol. The first-order valence-electron chi connectivity index (χ1n) is 5.10. The molecule has 0 atom stereocenters. The normalized spacial score (nSPS) is 21.8. The van der Waals surface area contributed by atoms with Gasteiger partial charge in [0.2, 0.25) is 0 Å². The van der Waals surface area contributed by atoms with Crippen molar-refractivity contribution in [2.45, 2.75) is 53.1 Å². The van der Waals surface area contributed by atoms with Crippen LogP contribution in [-0.4, -0.2) is 11.4 Å². The highest BCUT2D eigenvalue weighted by Gasteiger charge is 2.29. The lowest BCUT2D eigenvalue weighted by atomic mass is 9.79. The molecule has 0 aromatic carbocycles. The molecule has 2 heteroatoms. The number of allylic oxidation sites excluding steroid dienone is 2. The van der Waals surface area contributed by atoms with Crippen molar-refractivity contribution in [2.24, 2.45) is 5.41 Å². The smallest absolute Gasteiger partial charge is 0.159 e. The van der Waals surface area contributed by atoms with Crippen LogP contribution in [0.3, 0.4) is 0 Å². The van der Waals surface area contributed by atoms with Crippen LogP contribution < -0.4 is 0 Å². The molecule has 0 fully saturated rings. The summed E-state index contributed by atoms with van der Waals surface area (Å²) < 4.78 is 5.72. The van der Waals surface area contributed by atoms with E-state index in [1.165, 1.54) is 0 Å². The van der Waals surface area contributed by atoms with Crippen LogP contribution in [0.15, 0.2) is 11.8 Å². The summed E-state index contributed by atoms with van der Waals surface area (Å²) in [5.41, 5.74) is -0.161. The minimum Gasteiger partial charge on any atom is -0.492 e. The second-order valence-electron chi connectivity index (χ2n) is 5.81. The van der Waals surface area contributed by atoms with E-state index in [9.17, 15) is 4.79 Å². The van der Waals surface area contributed by atoms with Gasteiger partial charge in [0.1, 0.15) is 11.4 Å². The van der Waals surface area contributed by atoms with Crippen molar-refractivity contribution in [1.82, 2.24) is 0 Å². The summed E-state index contributed by atoms with van der Waals surface area (Å²) in [5, 5.41) is 0. The number of rotatable bonds is 1. The molecule has 0 bridgehead atoms. The van der Waals surface area contributed by atoms with Gasteiger partial charge in [-0.05, 0) is 26.2 Å². The van der Waals surface area contributed by atoms with Gasteiger partial charge in [0, 0.05) is 18.9 Å². The molecule has 80 valence electrons. The summed E-state index contributed by atoms with van der Waals surface area (Å²) in [7, 11) is 0. The molecule has 14 heavy (non-hydrogen) atoms. The molecular formula is C12H20O2. The first kappa shape index (κ1) is 11.3. The van der Waals surface area contributed by atoms with Crippen molar-refractivity contribution in [3.05, 3.63) is 11.8 Å². The predicted octanol–water partition coefficient (Wildman–Crippen LogP) is 3.07. The van der Waals surface area contributed by atoms with Crippen molar-refractivity contribution < 1.29 is 9.53 Å².